The Kier molecular flexibility index (Phi) is 4.42. The van der Waals surface area contributed by atoms with Crippen molar-refractivity contribution in [2.45, 2.75) is 46.8 Å². The third kappa shape index (κ3) is 3.49. The van der Waals surface area contributed by atoms with Gasteiger partial charge in [0.15, 0.2) is 5.58 Å². The molecule has 0 aliphatic rings. The molecule has 0 saturated carbocycles. The fourth-order valence-electron chi connectivity index (χ4n) is 3.87. The summed E-state index contributed by atoms with van der Waals surface area (Å²) in [7, 11) is -1.57. The van der Waals surface area contributed by atoms with Gasteiger partial charge in [0.2, 0.25) is 0 Å². The van der Waals surface area contributed by atoms with Gasteiger partial charge >= 0.3 is 0 Å². The topological polar surface area (TPSA) is 38.9 Å². The molecule has 0 saturated heterocycles. The van der Waals surface area contributed by atoms with Crippen LogP contribution in [-0.2, 0) is 6.42 Å². The van der Waals surface area contributed by atoms with Crippen LogP contribution < -0.4 is 5.19 Å². The quantitative estimate of drug-likeness (QED) is 0.394. The normalized spacial score (nSPS) is 12.8. The first kappa shape index (κ1) is 18.9. The molecule has 0 aliphatic heterocycles. The third-order valence-corrected chi connectivity index (χ3v) is 7.05. The number of benzene rings is 1. The summed E-state index contributed by atoms with van der Waals surface area (Å²) in [4.78, 5) is 9.34. The standard InChI is InChI=1S/C24H28N2OSi/c1-24(2,3)15-16-11-13-25-18(14-16)17-9-10-20(28(4,5)6)21-22-19(27-23(17)21)8-7-12-26-22/h7-14H,15H2,1-6H3. The number of rotatable bonds is 3. The zero-order chi connectivity index (χ0) is 20.1. The van der Waals surface area contributed by atoms with Crippen molar-refractivity contribution in [2.24, 2.45) is 5.41 Å². The molecule has 144 valence electrons. The van der Waals surface area contributed by atoms with Crippen molar-refractivity contribution < 1.29 is 4.42 Å². The zero-order valence-electron chi connectivity index (χ0n) is 17.6. The predicted molar refractivity (Wildman–Crippen MR) is 121 cm³/mol. The van der Waals surface area contributed by atoms with Gasteiger partial charge in [-0.05, 0) is 52.9 Å². The van der Waals surface area contributed by atoms with Crippen molar-refractivity contribution >= 4 is 35.3 Å². The summed E-state index contributed by atoms with van der Waals surface area (Å²) in [6.45, 7) is 13.9. The molecule has 28 heavy (non-hydrogen) atoms. The van der Waals surface area contributed by atoms with Crippen LogP contribution in [0.25, 0.3) is 33.3 Å². The fourth-order valence-corrected chi connectivity index (χ4v) is 5.43. The van der Waals surface area contributed by atoms with Crippen LogP contribution in [0.1, 0.15) is 26.3 Å². The first-order valence-corrected chi connectivity index (χ1v) is 13.4. The minimum atomic E-state index is -1.57. The Morgan fingerprint density at radius 1 is 0.964 bits per heavy atom. The smallest absolute Gasteiger partial charge is 0.153 e. The zero-order valence-corrected chi connectivity index (χ0v) is 18.6. The van der Waals surface area contributed by atoms with Crippen molar-refractivity contribution in [3.05, 3.63) is 54.4 Å². The number of furan rings is 1. The van der Waals surface area contributed by atoms with Crippen LogP contribution in [0, 0.1) is 5.41 Å². The molecule has 0 atom stereocenters. The molecule has 3 heterocycles. The molecular weight excluding hydrogens is 360 g/mol. The lowest BCUT2D eigenvalue weighted by Gasteiger charge is -2.19. The summed E-state index contributed by atoms with van der Waals surface area (Å²) in [5, 5.41) is 2.55. The number of hydrogen-bond donors (Lipinski definition) is 0. The second kappa shape index (κ2) is 6.56. The first-order valence-electron chi connectivity index (χ1n) is 9.89. The van der Waals surface area contributed by atoms with E-state index < -0.39 is 8.07 Å². The lowest BCUT2D eigenvalue weighted by atomic mass is 9.88. The van der Waals surface area contributed by atoms with Gasteiger partial charge in [-0.15, -0.1) is 0 Å². The molecule has 4 heteroatoms. The molecular formula is C24H28N2OSi. The van der Waals surface area contributed by atoms with Gasteiger partial charge in [0, 0.05) is 23.3 Å². The minimum absolute atomic E-state index is 0.235. The molecule has 0 amide bonds. The molecule has 0 spiro atoms. The van der Waals surface area contributed by atoms with Gasteiger partial charge < -0.3 is 4.42 Å². The molecule has 1 aromatic carbocycles. The van der Waals surface area contributed by atoms with Crippen LogP contribution in [0.4, 0.5) is 0 Å². The molecule has 0 aliphatic carbocycles. The van der Waals surface area contributed by atoms with Crippen LogP contribution in [-0.4, -0.2) is 18.0 Å². The minimum Gasteiger partial charge on any atom is -0.454 e. The molecule has 4 rings (SSSR count). The highest BCUT2D eigenvalue weighted by Crippen LogP contribution is 2.35. The van der Waals surface area contributed by atoms with E-state index in [9.17, 15) is 0 Å². The molecule has 0 N–H and O–H groups in total. The Morgan fingerprint density at radius 3 is 2.46 bits per heavy atom. The predicted octanol–water partition coefficient (Wildman–Crippen LogP) is 6.18. The van der Waals surface area contributed by atoms with Crippen molar-refractivity contribution in [1.82, 2.24) is 9.97 Å². The average Bonchev–Trinajstić information content (AvgIpc) is 2.98. The van der Waals surface area contributed by atoms with E-state index in [0.29, 0.717) is 0 Å². The summed E-state index contributed by atoms with van der Waals surface area (Å²) < 4.78 is 6.33. The molecule has 0 bridgehead atoms. The molecule has 3 nitrogen and oxygen atoms in total. The van der Waals surface area contributed by atoms with Gasteiger partial charge in [0.25, 0.3) is 0 Å². The van der Waals surface area contributed by atoms with Crippen molar-refractivity contribution in [1.29, 1.82) is 0 Å². The van der Waals surface area contributed by atoms with Crippen LogP contribution in [0.15, 0.2) is 53.2 Å². The lowest BCUT2D eigenvalue weighted by molar-refractivity contribution is 0.411. The highest BCUT2D eigenvalue weighted by atomic mass is 28.3. The Bertz CT molecular complexity index is 1160. The van der Waals surface area contributed by atoms with E-state index in [4.69, 9.17) is 4.42 Å². The number of fused-ring (bicyclic) bond motifs is 3. The molecule has 0 unspecified atom stereocenters. The maximum absolute atomic E-state index is 6.33. The number of nitrogens with zero attached hydrogens (tertiary/aromatic N) is 2. The van der Waals surface area contributed by atoms with E-state index >= 15 is 0 Å². The number of pyridine rings is 2. The van der Waals surface area contributed by atoms with Gasteiger partial charge in [0.05, 0.1) is 13.8 Å². The van der Waals surface area contributed by atoms with E-state index in [1.807, 2.05) is 24.5 Å². The van der Waals surface area contributed by atoms with Crippen molar-refractivity contribution in [3.8, 4) is 11.3 Å². The van der Waals surface area contributed by atoms with Gasteiger partial charge in [-0.2, -0.15) is 0 Å². The van der Waals surface area contributed by atoms with Gasteiger partial charge in [-0.3, -0.25) is 9.97 Å². The maximum Gasteiger partial charge on any atom is 0.153 e. The summed E-state index contributed by atoms with van der Waals surface area (Å²) in [5.74, 6) is 0. The molecule has 4 aromatic rings. The fraction of sp³-hybridized carbons (Fsp3) is 0.333. The Hall–Kier alpha value is -2.46. The van der Waals surface area contributed by atoms with E-state index in [1.54, 1.807) is 0 Å². The Labute approximate surface area is 167 Å². The largest absolute Gasteiger partial charge is 0.454 e. The van der Waals surface area contributed by atoms with Crippen LogP contribution in [0.2, 0.25) is 19.6 Å². The Morgan fingerprint density at radius 2 is 1.75 bits per heavy atom. The monoisotopic (exact) mass is 388 g/mol. The second-order valence-electron chi connectivity index (χ2n) is 9.85. The third-order valence-electron chi connectivity index (χ3n) is 5.02. The lowest BCUT2D eigenvalue weighted by Crippen LogP contribution is -2.38. The molecule has 3 aromatic heterocycles. The van der Waals surface area contributed by atoms with Gasteiger partial charge in [-0.25, -0.2) is 0 Å². The van der Waals surface area contributed by atoms with Crippen LogP contribution in [0.3, 0.4) is 0 Å². The first-order chi connectivity index (χ1) is 13.1. The SMILES string of the molecule is CC(C)(C)Cc1ccnc(-c2ccc([Si](C)(C)C)c3c2oc2cccnc23)c1. The number of hydrogen-bond acceptors (Lipinski definition) is 3. The van der Waals surface area contributed by atoms with E-state index in [2.05, 4.69) is 74.6 Å². The van der Waals surface area contributed by atoms with E-state index in [0.717, 1.165) is 39.7 Å². The van der Waals surface area contributed by atoms with Crippen molar-refractivity contribution in [2.75, 3.05) is 0 Å². The maximum atomic E-state index is 6.33. The summed E-state index contributed by atoms with van der Waals surface area (Å²) in [6, 6.07) is 12.7. The molecule has 0 radical (unpaired) electrons. The highest BCUT2D eigenvalue weighted by molar-refractivity contribution is 6.90. The number of aromatic nitrogens is 2. The van der Waals surface area contributed by atoms with Crippen molar-refractivity contribution in [3.63, 3.8) is 0 Å². The highest BCUT2D eigenvalue weighted by Gasteiger charge is 2.25. The molecule has 0 fully saturated rings. The Balaban J connectivity index is 1.98. The van der Waals surface area contributed by atoms with Crippen LogP contribution >= 0.6 is 0 Å². The van der Waals surface area contributed by atoms with Gasteiger partial charge in [0.1, 0.15) is 11.1 Å². The summed E-state index contributed by atoms with van der Waals surface area (Å²) >= 11 is 0. The van der Waals surface area contributed by atoms with Crippen LogP contribution in [0.5, 0.6) is 0 Å². The van der Waals surface area contributed by atoms with Gasteiger partial charge in [-0.1, -0.05) is 46.5 Å². The second-order valence-corrected chi connectivity index (χ2v) is 14.9. The van der Waals surface area contributed by atoms with E-state index in [-0.39, 0.29) is 5.41 Å². The van der Waals surface area contributed by atoms with E-state index in [1.165, 1.54) is 10.8 Å². The summed E-state index contributed by atoms with van der Waals surface area (Å²) in [6.07, 6.45) is 4.77. The summed E-state index contributed by atoms with van der Waals surface area (Å²) in [5.41, 5.74) is 6.26. The average molecular weight is 389 g/mol.